The Morgan fingerprint density at radius 2 is 1.85 bits per heavy atom. The van der Waals surface area contributed by atoms with Crippen molar-refractivity contribution in [3.8, 4) is 0 Å². The summed E-state index contributed by atoms with van der Waals surface area (Å²) in [5.74, 6) is 5.29. The normalized spacial score (nSPS) is 10.2. The lowest BCUT2D eigenvalue weighted by atomic mass is 10.1. The van der Waals surface area contributed by atoms with Crippen molar-refractivity contribution in [2.75, 3.05) is 10.7 Å². The van der Waals surface area contributed by atoms with Gasteiger partial charge >= 0.3 is 0 Å². The lowest BCUT2D eigenvalue weighted by Gasteiger charge is -2.12. The summed E-state index contributed by atoms with van der Waals surface area (Å²) in [5.41, 5.74) is 5.30. The highest BCUT2D eigenvalue weighted by Crippen LogP contribution is 2.25. The minimum absolute atomic E-state index is 0.228. The van der Waals surface area contributed by atoms with Crippen molar-refractivity contribution in [1.29, 1.82) is 0 Å². The average molecular weight is 336 g/mol. The number of rotatable bonds is 3. The van der Waals surface area contributed by atoms with E-state index in [0.717, 1.165) is 21.3 Å². The fraction of sp³-hybridized carbons (Fsp3) is 0.154. The van der Waals surface area contributed by atoms with Gasteiger partial charge in [0.2, 0.25) is 0 Å². The summed E-state index contributed by atoms with van der Waals surface area (Å²) >= 11 is 3.42. The summed E-state index contributed by atoms with van der Waals surface area (Å²) in [4.78, 5) is 12.1. The average Bonchev–Trinajstić information content (AvgIpc) is 2.42. The molecule has 0 atom stereocenters. The number of anilines is 2. The van der Waals surface area contributed by atoms with E-state index in [1.54, 1.807) is 12.1 Å². The molecule has 2 rings (SSSR count). The Labute approximate surface area is 124 Å². The number of nitrogens with one attached hydrogen (secondary N) is 2. The highest BCUT2D eigenvalue weighted by molar-refractivity contribution is 9.10. The molecule has 6 nitrogen and oxygen atoms in total. The molecule has 1 aromatic carbocycles. The number of benzene rings is 1. The first-order valence-corrected chi connectivity index (χ1v) is 6.69. The third-order valence-corrected chi connectivity index (χ3v) is 3.24. The van der Waals surface area contributed by atoms with Crippen LogP contribution in [0, 0.1) is 13.8 Å². The summed E-state index contributed by atoms with van der Waals surface area (Å²) in [5, 5.41) is 10.4. The Bertz CT molecular complexity index is 619. The number of halogens is 1. The van der Waals surface area contributed by atoms with Crippen LogP contribution in [0.1, 0.15) is 21.6 Å². The first-order chi connectivity index (χ1) is 9.51. The molecule has 0 saturated carbocycles. The van der Waals surface area contributed by atoms with E-state index in [4.69, 9.17) is 5.84 Å². The highest BCUT2D eigenvalue weighted by Gasteiger charge is 2.12. The van der Waals surface area contributed by atoms with Crippen LogP contribution < -0.4 is 16.6 Å². The second kappa shape index (κ2) is 5.98. The number of nitrogen functional groups attached to an aromatic ring is 1. The minimum atomic E-state index is -0.311. The monoisotopic (exact) mass is 335 g/mol. The molecular weight excluding hydrogens is 322 g/mol. The third-order valence-electron chi connectivity index (χ3n) is 2.78. The molecule has 0 aliphatic heterocycles. The maximum atomic E-state index is 12.1. The number of hydrogen-bond acceptors (Lipinski definition) is 5. The summed E-state index contributed by atoms with van der Waals surface area (Å²) < 4.78 is 0.976. The summed E-state index contributed by atoms with van der Waals surface area (Å²) in [6, 6.07) is 7.02. The van der Waals surface area contributed by atoms with E-state index in [9.17, 15) is 4.79 Å². The summed E-state index contributed by atoms with van der Waals surface area (Å²) in [7, 11) is 0. The van der Waals surface area contributed by atoms with Crippen LogP contribution >= 0.6 is 15.9 Å². The van der Waals surface area contributed by atoms with E-state index in [2.05, 4.69) is 36.9 Å². The second-order valence-electron chi connectivity index (χ2n) is 4.32. The zero-order valence-corrected chi connectivity index (χ0v) is 12.7. The molecule has 0 spiro atoms. The van der Waals surface area contributed by atoms with E-state index < -0.39 is 0 Å². The number of hydrazine groups is 1. The first kappa shape index (κ1) is 14.4. The van der Waals surface area contributed by atoms with Crippen molar-refractivity contribution in [1.82, 2.24) is 10.2 Å². The second-order valence-corrected chi connectivity index (χ2v) is 5.23. The quantitative estimate of drug-likeness (QED) is 0.591. The Hall–Kier alpha value is -1.99. The number of nitrogens with zero attached hydrogens (tertiary/aromatic N) is 2. The van der Waals surface area contributed by atoms with Crippen LogP contribution in [0.4, 0.5) is 11.5 Å². The van der Waals surface area contributed by atoms with E-state index in [1.165, 1.54) is 0 Å². The molecule has 1 aromatic heterocycles. The lowest BCUT2D eigenvalue weighted by molar-refractivity contribution is 0.102. The van der Waals surface area contributed by atoms with Crippen molar-refractivity contribution in [2.45, 2.75) is 13.8 Å². The molecule has 20 heavy (non-hydrogen) atoms. The van der Waals surface area contributed by atoms with Gasteiger partial charge in [0.1, 0.15) is 0 Å². The number of nitrogens with two attached hydrogens (primary N) is 1. The van der Waals surface area contributed by atoms with Gasteiger partial charge in [-0.25, -0.2) is 5.84 Å². The van der Waals surface area contributed by atoms with Crippen LogP contribution in [0.3, 0.4) is 0 Å². The van der Waals surface area contributed by atoms with Crippen LogP contribution in [0.2, 0.25) is 0 Å². The van der Waals surface area contributed by atoms with E-state index in [1.807, 2.05) is 26.0 Å². The van der Waals surface area contributed by atoms with Gasteiger partial charge in [-0.1, -0.05) is 15.9 Å². The van der Waals surface area contributed by atoms with Crippen LogP contribution in [-0.4, -0.2) is 16.1 Å². The van der Waals surface area contributed by atoms with Crippen molar-refractivity contribution in [3.63, 3.8) is 0 Å². The van der Waals surface area contributed by atoms with Crippen molar-refractivity contribution >= 4 is 33.3 Å². The smallest absolute Gasteiger partial charge is 0.276 e. The van der Waals surface area contributed by atoms with Crippen molar-refractivity contribution in [3.05, 3.63) is 45.6 Å². The Morgan fingerprint density at radius 3 is 2.35 bits per heavy atom. The number of aryl methyl sites for hydroxylation is 2. The number of aromatic nitrogens is 2. The fourth-order valence-corrected chi connectivity index (χ4v) is 2.50. The van der Waals surface area contributed by atoms with Gasteiger partial charge in [0.15, 0.2) is 11.5 Å². The molecular formula is C13H14BrN5O. The zero-order valence-electron chi connectivity index (χ0n) is 11.1. The molecule has 0 aliphatic rings. The van der Waals surface area contributed by atoms with Gasteiger partial charge in [-0.05, 0) is 49.2 Å². The molecule has 1 heterocycles. The molecule has 7 heteroatoms. The predicted octanol–water partition coefficient (Wildman–Crippen LogP) is 2.39. The number of carbonyl (C=O) groups is 1. The molecule has 0 fully saturated rings. The van der Waals surface area contributed by atoms with Crippen LogP contribution in [0.15, 0.2) is 28.7 Å². The molecule has 0 aliphatic carbocycles. The molecule has 104 valence electrons. The maximum absolute atomic E-state index is 12.1. The highest BCUT2D eigenvalue weighted by atomic mass is 79.9. The lowest BCUT2D eigenvalue weighted by Crippen LogP contribution is -2.17. The minimum Gasteiger partial charge on any atom is -0.320 e. The van der Waals surface area contributed by atoms with Gasteiger partial charge in [0.05, 0.1) is 0 Å². The standard InChI is InChI=1S/C13H14BrN5O/c1-7-5-9(14)6-8(2)12(7)16-13(20)10-3-4-11(17-15)19-18-10/h3-6H,15H2,1-2H3,(H,16,20)(H,17,19). The van der Waals surface area contributed by atoms with Crippen molar-refractivity contribution in [2.24, 2.45) is 5.84 Å². The van der Waals surface area contributed by atoms with Crippen LogP contribution in [0.25, 0.3) is 0 Å². The van der Waals surface area contributed by atoms with Crippen molar-refractivity contribution < 1.29 is 4.79 Å². The SMILES string of the molecule is Cc1cc(Br)cc(C)c1NC(=O)c1ccc(NN)nn1. The van der Waals surface area contributed by atoms with Crippen LogP contribution in [0.5, 0.6) is 0 Å². The van der Waals surface area contributed by atoms with E-state index >= 15 is 0 Å². The van der Waals surface area contributed by atoms with Gasteiger partial charge in [0.25, 0.3) is 5.91 Å². The molecule has 0 saturated heterocycles. The third kappa shape index (κ3) is 3.12. The molecule has 4 N–H and O–H groups in total. The fourth-order valence-electron chi connectivity index (χ4n) is 1.82. The van der Waals surface area contributed by atoms with Gasteiger partial charge in [-0.2, -0.15) is 0 Å². The van der Waals surface area contributed by atoms with Crippen LogP contribution in [-0.2, 0) is 0 Å². The maximum Gasteiger partial charge on any atom is 0.276 e. The number of carbonyl (C=O) groups excluding carboxylic acids is 1. The Balaban J connectivity index is 2.23. The topological polar surface area (TPSA) is 92.9 Å². The zero-order chi connectivity index (χ0) is 14.7. The first-order valence-electron chi connectivity index (χ1n) is 5.89. The Kier molecular flexibility index (Phi) is 4.31. The number of hydrogen-bond donors (Lipinski definition) is 3. The van der Waals surface area contributed by atoms with E-state index in [0.29, 0.717) is 5.82 Å². The van der Waals surface area contributed by atoms with Gasteiger partial charge in [-0.3, -0.25) is 4.79 Å². The van der Waals surface area contributed by atoms with Gasteiger partial charge < -0.3 is 10.7 Å². The number of amides is 1. The largest absolute Gasteiger partial charge is 0.320 e. The molecule has 0 radical (unpaired) electrons. The van der Waals surface area contributed by atoms with Gasteiger partial charge in [0, 0.05) is 10.2 Å². The predicted molar refractivity (Wildman–Crippen MR) is 81.4 cm³/mol. The summed E-state index contributed by atoms with van der Waals surface area (Å²) in [6.07, 6.45) is 0. The summed E-state index contributed by atoms with van der Waals surface area (Å²) in [6.45, 7) is 3.86. The molecule has 0 bridgehead atoms. The molecule has 2 aromatic rings. The Morgan fingerprint density at radius 1 is 1.20 bits per heavy atom. The van der Waals surface area contributed by atoms with E-state index in [-0.39, 0.29) is 11.6 Å². The molecule has 1 amide bonds. The van der Waals surface area contributed by atoms with Gasteiger partial charge in [-0.15, -0.1) is 10.2 Å². The molecule has 0 unspecified atom stereocenters.